The van der Waals surface area contributed by atoms with Gasteiger partial charge < -0.3 is 9.64 Å². The van der Waals surface area contributed by atoms with Crippen LogP contribution in [0.25, 0.3) is 0 Å². The zero-order chi connectivity index (χ0) is 15.2. The standard InChI is InChI=1S/C15H16N2O3S/c1-20-14(18)10-21-13-6-7-17(9-13)15(19)12-4-2-11(8-16)3-5-12/h2-5,13H,6-7,9-10H2,1H3/t13-/m0/s1. The Bertz CT molecular complexity index is 565. The molecule has 0 unspecified atom stereocenters. The Morgan fingerprint density at radius 1 is 1.43 bits per heavy atom. The predicted octanol–water partition coefficient (Wildman–Crippen LogP) is 1.68. The summed E-state index contributed by atoms with van der Waals surface area (Å²) in [6.45, 7) is 1.33. The number of carbonyl (C=O) groups excluding carboxylic acids is 2. The number of hydrogen-bond donors (Lipinski definition) is 0. The summed E-state index contributed by atoms with van der Waals surface area (Å²) in [6, 6.07) is 8.67. The number of carbonyl (C=O) groups is 2. The fourth-order valence-corrected chi connectivity index (χ4v) is 3.21. The molecule has 1 fully saturated rings. The molecule has 5 nitrogen and oxygen atoms in total. The summed E-state index contributed by atoms with van der Waals surface area (Å²) in [5.41, 5.74) is 1.13. The van der Waals surface area contributed by atoms with Crippen molar-refractivity contribution >= 4 is 23.6 Å². The van der Waals surface area contributed by atoms with Crippen molar-refractivity contribution in [2.45, 2.75) is 11.7 Å². The number of thioether (sulfide) groups is 1. The second-order valence-corrected chi connectivity index (χ2v) is 6.03. The number of nitrogens with zero attached hydrogens (tertiary/aromatic N) is 2. The largest absolute Gasteiger partial charge is 0.468 e. The van der Waals surface area contributed by atoms with E-state index in [1.807, 2.05) is 6.07 Å². The Labute approximate surface area is 127 Å². The van der Waals surface area contributed by atoms with Crippen molar-refractivity contribution in [2.24, 2.45) is 0 Å². The molecule has 1 aromatic rings. The maximum atomic E-state index is 12.3. The molecule has 0 saturated carbocycles. The first kappa shape index (κ1) is 15.4. The number of rotatable bonds is 4. The summed E-state index contributed by atoms with van der Waals surface area (Å²) < 4.78 is 4.61. The van der Waals surface area contributed by atoms with Crippen molar-refractivity contribution in [3.05, 3.63) is 35.4 Å². The fourth-order valence-electron chi connectivity index (χ4n) is 2.16. The topological polar surface area (TPSA) is 70.4 Å². The third-order valence-electron chi connectivity index (χ3n) is 3.36. The molecule has 1 aliphatic rings. The number of benzene rings is 1. The molecule has 1 heterocycles. The lowest BCUT2D eigenvalue weighted by molar-refractivity contribution is -0.137. The molecule has 6 heteroatoms. The second kappa shape index (κ2) is 7.14. The molecule has 110 valence electrons. The van der Waals surface area contributed by atoms with E-state index in [4.69, 9.17) is 5.26 Å². The van der Waals surface area contributed by atoms with E-state index >= 15 is 0 Å². The van der Waals surface area contributed by atoms with E-state index in [0.717, 1.165) is 6.42 Å². The monoisotopic (exact) mass is 304 g/mol. The first-order valence-electron chi connectivity index (χ1n) is 6.62. The average Bonchev–Trinajstić information content (AvgIpc) is 3.00. The number of nitriles is 1. The number of esters is 1. The van der Waals surface area contributed by atoms with Gasteiger partial charge in [0.05, 0.1) is 24.5 Å². The van der Waals surface area contributed by atoms with Crippen LogP contribution in [0, 0.1) is 11.3 Å². The van der Waals surface area contributed by atoms with Gasteiger partial charge in [-0.1, -0.05) is 0 Å². The van der Waals surface area contributed by atoms with Crippen LogP contribution in [-0.4, -0.2) is 48.0 Å². The van der Waals surface area contributed by atoms with Crippen LogP contribution < -0.4 is 0 Å². The SMILES string of the molecule is COC(=O)CS[C@H]1CCN(C(=O)c2ccc(C#N)cc2)C1. The average molecular weight is 304 g/mol. The highest BCUT2D eigenvalue weighted by molar-refractivity contribution is 8.00. The zero-order valence-electron chi connectivity index (χ0n) is 11.7. The van der Waals surface area contributed by atoms with Crippen LogP contribution in [0.15, 0.2) is 24.3 Å². The highest BCUT2D eigenvalue weighted by Crippen LogP contribution is 2.24. The molecule has 0 radical (unpaired) electrons. The summed E-state index contributed by atoms with van der Waals surface area (Å²) in [4.78, 5) is 25.2. The Hall–Kier alpha value is -2.00. The molecule has 0 aliphatic carbocycles. The van der Waals surface area contributed by atoms with E-state index < -0.39 is 0 Å². The van der Waals surface area contributed by atoms with Crippen LogP contribution in [0.5, 0.6) is 0 Å². The molecule has 1 aliphatic heterocycles. The van der Waals surface area contributed by atoms with Crippen molar-refractivity contribution in [2.75, 3.05) is 26.0 Å². The van der Waals surface area contributed by atoms with Crippen LogP contribution in [0.1, 0.15) is 22.3 Å². The van der Waals surface area contributed by atoms with Crippen molar-refractivity contribution in [1.29, 1.82) is 5.26 Å². The number of ether oxygens (including phenoxy) is 1. The minimum atomic E-state index is -0.239. The zero-order valence-corrected chi connectivity index (χ0v) is 12.6. The summed E-state index contributed by atoms with van der Waals surface area (Å²) in [5, 5.41) is 9.02. The lowest BCUT2D eigenvalue weighted by Crippen LogP contribution is -2.29. The van der Waals surface area contributed by atoms with E-state index in [2.05, 4.69) is 4.74 Å². The molecule has 1 aromatic carbocycles. The third kappa shape index (κ3) is 3.99. The molecular formula is C15H16N2O3S. The highest BCUT2D eigenvalue weighted by Gasteiger charge is 2.27. The number of hydrogen-bond acceptors (Lipinski definition) is 5. The molecule has 2 rings (SSSR count). The van der Waals surface area contributed by atoms with E-state index in [0.29, 0.717) is 30.0 Å². The van der Waals surface area contributed by atoms with Crippen molar-refractivity contribution in [3.63, 3.8) is 0 Å². The van der Waals surface area contributed by atoms with Gasteiger partial charge in [-0.3, -0.25) is 9.59 Å². The van der Waals surface area contributed by atoms with Crippen LogP contribution in [0.2, 0.25) is 0 Å². The minimum Gasteiger partial charge on any atom is -0.468 e. The van der Waals surface area contributed by atoms with E-state index in [1.54, 1.807) is 29.2 Å². The molecule has 0 N–H and O–H groups in total. The van der Waals surface area contributed by atoms with E-state index in [-0.39, 0.29) is 17.1 Å². The summed E-state index contributed by atoms with van der Waals surface area (Å²) in [5.74, 6) is 0.0533. The second-order valence-electron chi connectivity index (χ2n) is 4.74. The van der Waals surface area contributed by atoms with E-state index in [1.165, 1.54) is 18.9 Å². The van der Waals surface area contributed by atoms with Crippen molar-refractivity contribution in [1.82, 2.24) is 4.90 Å². The highest BCUT2D eigenvalue weighted by atomic mass is 32.2. The van der Waals surface area contributed by atoms with Gasteiger partial charge in [-0.25, -0.2) is 0 Å². The molecule has 1 amide bonds. The van der Waals surface area contributed by atoms with Crippen LogP contribution >= 0.6 is 11.8 Å². The molecule has 0 bridgehead atoms. The third-order valence-corrected chi connectivity index (χ3v) is 4.62. The Morgan fingerprint density at radius 2 is 2.14 bits per heavy atom. The van der Waals surface area contributed by atoms with Crippen LogP contribution in [-0.2, 0) is 9.53 Å². The smallest absolute Gasteiger partial charge is 0.315 e. The molecule has 0 spiro atoms. The normalized spacial score (nSPS) is 17.3. The maximum Gasteiger partial charge on any atom is 0.315 e. The minimum absolute atomic E-state index is 0.0272. The van der Waals surface area contributed by atoms with Gasteiger partial charge in [-0.15, -0.1) is 11.8 Å². The van der Waals surface area contributed by atoms with Gasteiger partial charge in [0.25, 0.3) is 5.91 Å². The molecule has 21 heavy (non-hydrogen) atoms. The quantitative estimate of drug-likeness (QED) is 0.792. The van der Waals surface area contributed by atoms with Gasteiger partial charge in [0.2, 0.25) is 0 Å². The summed E-state index contributed by atoms with van der Waals surface area (Å²) >= 11 is 1.53. The van der Waals surface area contributed by atoms with Gasteiger partial charge in [-0.05, 0) is 30.7 Å². The number of likely N-dealkylation sites (tertiary alicyclic amines) is 1. The summed E-state index contributed by atoms with van der Waals surface area (Å²) in [7, 11) is 1.37. The fraction of sp³-hybridized carbons (Fsp3) is 0.400. The molecule has 1 saturated heterocycles. The first-order valence-corrected chi connectivity index (χ1v) is 7.66. The lowest BCUT2D eigenvalue weighted by Gasteiger charge is -2.16. The van der Waals surface area contributed by atoms with Gasteiger partial charge in [-0.2, -0.15) is 5.26 Å². The Balaban J connectivity index is 1.89. The summed E-state index contributed by atoms with van der Waals surface area (Å²) in [6.07, 6.45) is 0.879. The molecular weight excluding hydrogens is 288 g/mol. The van der Waals surface area contributed by atoms with Gasteiger partial charge in [0, 0.05) is 23.9 Å². The Kier molecular flexibility index (Phi) is 5.23. The lowest BCUT2D eigenvalue weighted by atomic mass is 10.1. The molecule has 1 atom stereocenters. The molecule has 0 aromatic heterocycles. The van der Waals surface area contributed by atoms with Crippen LogP contribution in [0.3, 0.4) is 0 Å². The van der Waals surface area contributed by atoms with Gasteiger partial charge in [0.15, 0.2) is 0 Å². The maximum absolute atomic E-state index is 12.3. The predicted molar refractivity (Wildman–Crippen MR) is 79.9 cm³/mol. The van der Waals surface area contributed by atoms with Gasteiger partial charge in [0.1, 0.15) is 0 Å². The number of methoxy groups -OCH3 is 1. The van der Waals surface area contributed by atoms with Gasteiger partial charge >= 0.3 is 5.97 Å². The van der Waals surface area contributed by atoms with Crippen LogP contribution in [0.4, 0.5) is 0 Å². The van der Waals surface area contributed by atoms with Crippen molar-refractivity contribution < 1.29 is 14.3 Å². The first-order chi connectivity index (χ1) is 10.1. The number of amides is 1. The van der Waals surface area contributed by atoms with Crippen molar-refractivity contribution in [3.8, 4) is 6.07 Å². The van der Waals surface area contributed by atoms with E-state index in [9.17, 15) is 9.59 Å². The Morgan fingerprint density at radius 3 is 2.76 bits per heavy atom.